The lowest BCUT2D eigenvalue weighted by Crippen LogP contribution is -2.33. The maximum Gasteiger partial charge on any atom is 0.303 e. The van der Waals surface area contributed by atoms with Gasteiger partial charge in [-0.2, -0.15) is 0 Å². The van der Waals surface area contributed by atoms with Crippen molar-refractivity contribution in [2.45, 2.75) is 59.1 Å². The molecule has 6 heteroatoms. The van der Waals surface area contributed by atoms with Gasteiger partial charge in [-0.15, -0.1) is 0 Å². The molecule has 6 nitrogen and oxygen atoms in total. The summed E-state index contributed by atoms with van der Waals surface area (Å²) in [6.07, 6.45) is 3.74. The van der Waals surface area contributed by atoms with Crippen molar-refractivity contribution in [1.29, 1.82) is 0 Å². The van der Waals surface area contributed by atoms with Gasteiger partial charge in [0.05, 0.1) is 24.2 Å². The second-order valence-electron chi connectivity index (χ2n) is 9.56. The Balaban J connectivity index is 1.70. The zero-order valence-electron chi connectivity index (χ0n) is 21.5. The van der Waals surface area contributed by atoms with Gasteiger partial charge in [0.25, 0.3) is 0 Å². The lowest BCUT2D eigenvalue weighted by atomic mass is 10.0. The molecule has 0 atom stereocenters. The number of anilines is 1. The minimum Gasteiger partial charge on any atom is -0.457 e. The molecular weight excluding hydrogens is 438 g/mol. The molecule has 0 aliphatic heterocycles. The van der Waals surface area contributed by atoms with Crippen LogP contribution in [0.25, 0.3) is 22.5 Å². The highest BCUT2D eigenvalue weighted by molar-refractivity contribution is 5.78. The average molecular weight is 476 g/mol. The summed E-state index contributed by atoms with van der Waals surface area (Å²) in [4.78, 5) is 23.4. The lowest BCUT2D eigenvalue weighted by Gasteiger charge is -2.28. The Morgan fingerprint density at radius 3 is 2.11 bits per heavy atom. The standard InChI is InChI=1S/C29H37N3O3/c1-22(2)32(18-12-13-19-34-21-29(4,5)35-23(3)33)26-20-30-27(24-14-8-6-9-15-24)28(31-26)25-16-10-7-11-17-25/h6-11,14-17,20,22H,12-13,18-19,21H2,1-5H3. The molecule has 0 spiro atoms. The van der Waals surface area contributed by atoms with Gasteiger partial charge in [-0.3, -0.25) is 9.78 Å². The van der Waals surface area contributed by atoms with Crippen molar-refractivity contribution in [1.82, 2.24) is 9.97 Å². The van der Waals surface area contributed by atoms with Gasteiger partial charge in [0.15, 0.2) is 0 Å². The Labute approximate surface area is 209 Å². The van der Waals surface area contributed by atoms with Crippen molar-refractivity contribution < 1.29 is 14.3 Å². The highest BCUT2D eigenvalue weighted by Crippen LogP contribution is 2.31. The van der Waals surface area contributed by atoms with Gasteiger partial charge in [-0.05, 0) is 40.5 Å². The Morgan fingerprint density at radius 2 is 1.54 bits per heavy atom. The Morgan fingerprint density at radius 1 is 0.943 bits per heavy atom. The zero-order valence-corrected chi connectivity index (χ0v) is 21.5. The Kier molecular flexibility index (Phi) is 9.38. The zero-order chi connectivity index (χ0) is 25.3. The number of benzene rings is 2. The van der Waals surface area contributed by atoms with Crippen LogP contribution in [0.3, 0.4) is 0 Å². The second kappa shape index (κ2) is 12.5. The predicted octanol–water partition coefficient (Wildman–Crippen LogP) is 6.16. The molecule has 0 aliphatic carbocycles. The lowest BCUT2D eigenvalue weighted by molar-refractivity contribution is -0.159. The monoisotopic (exact) mass is 475 g/mol. The van der Waals surface area contributed by atoms with Gasteiger partial charge in [0.1, 0.15) is 11.4 Å². The van der Waals surface area contributed by atoms with Crippen LogP contribution in [-0.4, -0.2) is 47.3 Å². The summed E-state index contributed by atoms with van der Waals surface area (Å²) < 4.78 is 11.0. The van der Waals surface area contributed by atoms with E-state index < -0.39 is 5.60 Å². The molecule has 1 aromatic heterocycles. The van der Waals surface area contributed by atoms with Gasteiger partial charge in [0, 0.05) is 37.2 Å². The van der Waals surface area contributed by atoms with Crippen LogP contribution < -0.4 is 4.90 Å². The second-order valence-corrected chi connectivity index (χ2v) is 9.56. The number of rotatable bonds is 12. The number of unbranched alkanes of at least 4 members (excludes halogenated alkanes) is 1. The molecule has 0 saturated carbocycles. The summed E-state index contributed by atoms with van der Waals surface area (Å²) in [6.45, 7) is 11.3. The Hall–Kier alpha value is -3.25. The molecule has 3 rings (SSSR count). The first-order chi connectivity index (χ1) is 16.8. The van der Waals surface area contributed by atoms with E-state index in [9.17, 15) is 4.79 Å². The van der Waals surface area contributed by atoms with Gasteiger partial charge in [-0.1, -0.05) is 60.7 Å². The third-order valence-electron chi connectivity index (χ3n) is 5.58. The molecule has 0 aliphatic rings. The number of ether oxygens (including phenoxy) is 2. The van der Waals surface area contributed by atoms with Crippen LogP contribution in [-0.2, 0) is 14.3 Å². The van der Waals surface area contributed by atoms with E-state index in [1.165, 1.54) is 6.92 Å². The number of carbonyl (C=O) groups excluding carboxylic acids is 1. The fourth-order valence-corrected chi connectivity index (χ4v) is 3.98. The average Bonchev–Trinajstić information content (AvgIpc) is 2.83. The van der Waals surface area contributed by atoms with Crippen molar-refractivity contribution in [3.8, 4) is 22.5 Å². The van der Waals surface area contributed by atoms with Crippen LogP contribution in [0, 0.1) is 0 Å². The number of carbonyl (C=O) groups is 1. The van der Waals surface area contributed by atoms with Gasteiger partial charge in [0.2, 0.25) is 0 Å². The maximum absolute atomic E-state index is 11.2. The van der Waals surface area contributed by atoms with Crippen LogP contribution in [0.15, 0.2) is 66.9 Å². The van der Waals surface area contributed by atoms with Crippen molar-refractivity contribution in [2.24, 2.45) is 0 Å². The summed E-state index contributed by atoms with van der Waals surface area (Å²) >= 11 is 0. The minimum atomic E-state index is -0.611. The fourth-order valence-electron chi connectivity index (χ4n) is 3.98. The molecule has 3 aromatic rings. The molecule has 0 fully saturated rings. The molecule has 0 amide bonds. The van der Waals surface area contributed by atoms with Gasteiger partial charge in [-0.25, -0.2) is 4.98 Å². The third-order valence-corrected chi connectivity index (χ3v) is 5.58. The number of aromatic nitrogens is 2. The van der Waals surface area contributed by atoms with E-state index >= 15 is 0 Å². The van der Waals surface area contributed by atoms with E-state index in [4.69, 9.17) is 19.4 Å². The van der Waals surface area contributed by atoms with E-state index in [0.29, 0.717) is 13.2 Å². The van der Waals surface area contributed by atoms with E-state index in [1.54, 1.807) is 0 Å². The molecule has 1 heterocycles. The summed E-state index contributed by atoms with van der Waals surface area (Å²) in [5, 5.41) is 0. The van der Waals surface area contributed by atoms with Crippen molar-refractivity contribution in [2.75, 3.05) is 24.7 Å². The first kappa shape index (κ1) is 26.4. The normalized spacial score (nSPS) is 11.5. The number of esters is 1. The SMILES string of the molecule is CC(=O)OC(C)(C)COCCCCN(c1cnc(-c2ccccc2)c(-c2ccccc2)n1)C(C)C. The van der Waals surface area contributed by atoms with Crippen LogP contribution in [0.5, 0.6) is 0 Å². The molecule has 0 N–H and O–H groups in total. The quantitative estimate of drug-likeness (QED) is 0.231. The van der Waals surface area contributed by atoms with E-state index in [2.05, 4.69) is 43.0 Å². The predicted molar refractivity (Wildman–Crippen MR) is 141 cm³/mol. The maximum atomic E-state index is 11.2. The first-order valence-electron chi connectivity index (χ1n) is 12.3. The molecule has 0 saturated heterocycles. The summed E-state index contributed by atoms with van der Waals surface area (Å²) in [5.41, 5.74) is 3.26. The Bertz CT molecular complexity index is 1070. The summed E-state index contributed by atoms with van der Waals surface area (Å²) in [6, 6.07) is 20.7. The first-order valence-corrected chi connectivity index (χ1v) is 12.3. The molecule has 2 aromatic carbocycles. The van der Waals surface area contributed by atoms with Crippen LogP contribution in [0.1, 0.15) is 47.5 Å². The topological polar surface area (TPSA) is 64.6 Å². The van der Waals surface area contributed by atoms with Crippen LogP contribution in [0.2, 0.25) is 0 Å². The van der Waals surface area contributed by atoms with E-state index in [-0.39, 0.29) is 12.0 Å². The van der Waals surface area contributed by atoms with Crippen molar-refractivity contribution in [3.05, 3.63) is 66.9 Å². The smallest absolute Gasteiger partial charge is 0.303 e. The molecule has 0 unspecified atom stereocenters. The molecule has 186 valence electrons. The number of nitrogens with zero attached hydrogens (tertiary/aromatic N) is 3. The van der Waals surface area contributed by atoms with Crippen molar-refractivity contribution in [3.63, 3.8) is 0 Å². The number of hydrogen-bond donors (Lipinski definition) is 0. The molecule has 0 bridgehead atoms. The summed E-state index contributed by atoms with van der Waals surface area (Å²) in [7, 11) is 0. The highest BCUT2D eigenvalue weighted by atomic mass is 16.6. The minimum absolute atomic E-state index is 0.277. The highest BCUT2D eigenvalue weighted by Gasteiger charge is 2.21. The third kappa shape index (κ3) is 7.89. The number of hydrogen-bond acceptors (Lipinski definition) is 6. The molecule has 35 heavy (non-hydrogen) atoms. The van der Waals surface area contributed by atoms with Gasteiger partial charge >= 0.3 is 5.97 Å². The van der Waals surface area contributed by atoms with Crippen LogP contribution >= 0.6 is 0 Å². The molecular formula is C29H37N3O3. The van der Waals surface area contributed by atoms with E-state index in [1.807, 2.05) is 56.4 Å². The molecule has 0 radical (unpaired) electrons. The van der Waals surface area contributed by atoms with Gasteiger partial charge < -0.3 is 14.4 Å². The van der Waals surface area contributed by atoms with Crippen molar-refractivity contribution >= 4 is 11.8 Å². The fraction of sp³-hybridized carbons (Fsp3) is 0.414. The van der Waals surface area contributed by atoms with E-state index in [0.717, 1.165) is 47.7 Å². The largest absolute Gasteiger partial charge is 0.457 e. The summed E-state index contributed by atoms with van der Waals surface area (Å²) in [5.74, 6) is 0.580. The van der Waals surface area contributed by atoms with Crippen LogP contribution in [0.4, 0.5) is 5.82 Å².